The summed E-state index contributed by atoms with van der Waals surface area (Å²) in [5.41, 5.74) is -0.742. The van der Waals surface area contributed by atoms with Gasteiger partial charge in [0.2, 0.25) is 0 Å². The van der Waals surface area contributed by atoms with E-state index in [1.165, 1.54) is 12.2 Å². The molecule has 2 heterocycles. The predicted octanol–water partition coefficient (Wildman–Crippen LogP) is 2.68. The Balaban J connectivity index is 2.00. The molecule has 0 aliphatic carbocycles. The molecule has 2 fully saturated rings. The van der Waals surface area contributed by atoms with Crippen molar-refractivity contribution in [2.24, 2.45) is 21.7 Å². The fraction of sp³-hybridized carbons (Fsp3) is 0.818. The molecule has 2 aliphatic heterocycles. The third-order valence-electron chi connectivity index (χ3n) is 5.99. The second-order valence-corrected chi connectivity index (χ2v) is 11.1. The zero-order valence-electron chi connectivity index (χ0n) is 18.8. The molecule has 160 valence electrons. The van der Waals surface area contributed by atoms with E-state index in [2.05, 4.69) is 66.0 Å². The minimum Gasteiger partial charge on any atom is -0.458 e. The Morgan fingerprint density at radius 2 is 0.893 bits per heavy atom. The molecule has 2 rings (SSSR count). The van der Waals surface area contributed by atoms with Crippen LogP contribution in [0.3, 0.4) is 0 Å². The van der Waals surface area contributed by atoms with Gasteiger partial charge in [-0.25, -0.2) is 9.59 Å². The van der Waals surface area contributed by atoms with Gasteiger partial charge in [-0.2, -0.15) is 0 Å². The second-order valence-electron chi connectivity index (χ2n) is 11.1. The van der Waals surface area contributed by atoms with E-state index in [9.17, 15) is 9.59 Å². The number of rotatable bonds is 4. The Bertz CT molecular complexity index is 548. The molecule has 0 amide bonds. The van der Waals surface area contributed by atoms with Gasteiger partial charge in [0.1, 0.15) is 12.2 Å². The quantitative estimate of drug-likeness (QED) is 0.564. The van der Waals surface area contributed by atoms with E-state index in [0.717, 1.165) is 26.2 Å². The van der Waals surface area contributed by atoms with Crippen molar-refractivity contribution in [3.63, 3.8) is 0 Å². The van der Waals surface area contributed by atoms with Crippen LogP contribution < -0.4 is 10.6 Å². The van der Waals surface area contributed by atoms with E-state index < -0.39 is 11.9 Å². The summed E-state index contributed by atoms with van der Waals surface area (Å²) in [7, 11) is 0. The van der Waals surface area contributed by atoms with Gasteiger partial charge in [0, 0.05) is 60.0 Å². The highest BCUT2D eigenvalue weighted by atomic mass is 16.6. The summed E-state index contributed by atoms with van der Waals surface area (Å²) in [6.45, 7) is 19.8. The molecule has 28 heavy (non-hydrogen) atoms. The number of hydrogen-bond acceptors (Lipinski definition) is 6. The highest BCUT2D eigenvalue weighted by Gasteiger charge is 2.47. The van der Waals surface area contributed by atoms with Crippen LogP contribution >= 0.6 is 0 Å². The number of esters is 2. The van der Waals surface area contributed by atoms with Crippen molar-refractivity contribution in [2.75, 3.05) is 26.2 Å². The zero-order chi connectivity index (χ0) is 21.4. The summed E-state index contributed by atoms with van der Waals surface area (Å²) in [5, 5.41) is 6.78. The van der Waals surface area contributed by atoms with Crippen molar-refractivity contribution in [1.82, 2.24) is 10.6 Å². The Kier molecular flexibility index (Phi) is 6.37. The number of nitrogens with one attached hydrogen (secondary N) is 2. The molecule has 0 atom stereocenters. The van der Waals surface area contributed by atoms with Crippen molar-refractivity contribution in [3.8, 4) is 0 Å². The van der Waals surface area contributed by atoms with Crippen LogP contribution in [-0.4, -0.2) is 50.3 Å². The first-order valence-corrected chi connectivity index (χ1v) is 10.2. The van der Waals surface area contributed by atoms with Crippen LogP contribution in [0.2, 0.25) is 0 Å². The molecule has 0 aromatic carbocycles. The maximum Gasteiger partial charge on any atom is 0.331 e. The monoisotopic (exact) mass is 394 g/mol. The molecule has 6 heteroatoms. The lowest BCUT2D eigenvalue weighted by molar-refractivity contribution is -0.165. The van der Waals surface area contributed by atoms with Gasteiger partial charge in [0.25, 0.3) is 0 Å². The van der Waals surface area contributed by atoms with Crippen LogP contribution in [0.15, 0.2) is 12.2 Å². The van der Waals surface area contributed by atoms with Crippen LogP contribution in [-0.2, 0) is 19.1 Å². The fourth-order valence-electron chi connectivity index (χ4n) is 4.99. The molecule has 2 saturated heterocycles. The molecule has 2 aliphatic rings. The van der Waals surface area contributed by atoms with Gasteiger partial charge >= 0.3 is 11.9 Å². The standard InChI is InChI=1S/C22H38N2O4/c1-19(2)11-23-12-20(3,4)17(19)27-15(25)9-10-16(26)28-18-21(5,6)13-24-14-22(18,7)8/h9-10,17-18,23-24H,11-14H2,1-8H3/b10-9-. The average Bonchev–Trinajstić information content (AvgIpc) is 2.52. The maximum atomic E-state index is 12.4. The second kappa shape index (κ2) is 7.79. The van der Waals surface area contributed by atoms with Gasteiger partial charge in [-0.3, -0.25) is 0 Å². The molecule has 0 radical (unpaired) electrons. The molecule has 0 unspecified atom stereocenters. The Hall–Kier alpha value is -1.40. The zero-order valence-corrected chi connectivity index (χ0v) is 18.8. The maximum absolute atomic E-state index is 12.4. The van der Waals surface area contributed by atoms with Crippen molar-refractivity contribution >= 4 is 11.9 Å². The van der Waals surface area contributed by atoms with Crippen LogP contribution in [0, 0.1) is 21.7 Å². The summed E-state index contributed by atoms with van der Waals surface area (Å²) >= 11 is 0. The van der Waals surface area contributed by atoms with E-state index >= 15 is 0 Å². The number of ether oxygens (including phenoxy) is 2. The molecule has 0 aromatic rings. The van der Waals surface area contributed by atoms with Crippen LogP contribution in [0.25, 0.3) is 0 Å². The first-order chi connectivity index (χ1) is 12.7. The predicted molar refractivity (Wildman–Crippen MR) is 110 cm³/mol. The summed E-state index contributed by atoms with van der Waals surface area (Å²) in [6, 6.07) is 0. The molecule has 0 bridgehead atoms. The van der Waals surface area contributed by atoms with E-state index in [1.807, 2.05) is 0 Å². The number of piperidine rings is 2. The van der Waals surface area contributed by atoms with E-state index in [0.29, 0.717) is 0 Å². The van der Waals surface area contributed by atoms with Crippen LogP contribution in [0.4, 0.5) is 0 Å². The summed E-state index contributed by atoms with van der Waals surface area (Å²) in [4.78, 5) is 24.8. The van der Waals surface area contributed by atoms with Crippen molar-refractivity contribution in [2.45, 2.75) is 67.6 Å². The highest BCUT2D eigenvalue weighted by Crippen LogP contribution is 2.40. The normalized spacial score (nSPS) is 26.7. The minimum absolute atomic E-state index is 0.186. The Morgan fingerprint density at radius 3 is 1.14 bits per heavy atom. The van der Waals surface area contributed by atoms with Crippen molar-refractivity contribution < 1.29 is 19.1 Å². The molecule has 0 saturated carbocycles. The first kappa shape index (κ1) is 22.9. The van der Waals surface area contributed by atoms with Gasteiger partial charge < -0.3 is 20.1 Å². The third kappa shape index (κ3) is 5.15. The van der Waals surface area contributed by atoms with Crippen molar-refractivity contribution in [1.29, 1.82) is 0 Å². The smallest absolute Gasteiger partial charge is 0.331 e. The van der Waals surface area contributed by atoms with E-state index in [-0.39, 0.29) is 33.9 Å². The van der Waals surface area contributed by atoms with Gasteiger partial charge in [-0.1, -0.05) is 55.4 Å². The number of hydrogen-bond donors (Lipinski definition) is 2. The van der Waals surface area contributed by atoms with Crippen molar-refractivity contribution in [3.05, 3.63) is 12.2 Å². The van der Waals surface area contributed by atoms with Gasteiger partial charge in [0.05, 0.1) is 0 Å². The van der Waals surface area contributed by atoms with Crippen LogP contribution in [0.1, 0.15) is 55.4 Å². The molecule has 2 N–H and O–H groups in total. The molecular formula is C22H38N2O4. The van der Waals surface area contributed by atoms with Crippen LogP contribution in [0.5, 0.6) is 0 Å². The Labute approximate surface area is 169 Å². The lowest BCUT2D eigenvalue weighted by atomic mass is 9.69. The SMILES string of the molecule is CC1(C)CNCC(C)(C)C1OC(=O)/C=C\C(=O)OC1C(C)(C)CNCC1(C)C. The van der Waals surface area contributed by atoms with Gasteiger partial charge in [-0.15, -0.1) is 0 Å². The third-order valence-corrected chi connectivity index (χ3v) is 5.99. The largest absolute Gasteiger partial charge is 0.458 e. The average molecular weight is 395 g/mol. The van der Waals surface area contributed by atoms with E-state index in [4.69, 9.17) is 9.47 Å². The van der Waals surface area contributed by atoms with Gasteiger partial charge in [0.15, 0.2) is 0 Å². The van der Waals surface area contributed by atoms with E-state index in [1.54, 1.807) is 0 Å². The highest BCUT2D eigenvalue weighted by molar-refractivity contribution is 5.91. The lowest BCUT2D eigenvalue weighted by Gasteiger charge is -2.48. The number of carbonyl (C=O) groups is 2. The summed E-state index contributed by atoms with van der Waals surface area (Å²) < 4.78 is 11.5. The molecular weight excluding hydrogens is 356 g/mol. The minimum atomic E-state index is -0.506. The topological polar surface area (TPSA) is 76.7 Å². The molecule has 0 spiro atoms. The number of carbonyl (C=O) groups excluding carboxylic acids is 2. The fourth-order valence-corrected chi connectivity index (χ4v) is 4.99. The summed E-state index contributed by atoms with van der Waals surface area (Å²) in [6.07, 6.45) is 1.91. The lowest BCUT2D eigenvalue weighted by Crippen LogP contribution is -2.58. The summed E-state index contributed by atoms with van der Waals surface area (Å²) in [5.74, 6) is -1.01. The molecule has 6 nitrogen and oxygen atoms in total. The Morgan fingerprint density at radius 1 is 0.643 bits per heavy atom. The first-order valence-electron chi connectivity index (χ1n) is 10.2. The molecule has 0 aromatic heterocycles. The van der Waals surface area contributed by atoms with Gasteiger partial charge in [-0.05, 0) is 0 Å².